The molecule has 4 heteroatoms. The van der Waals surface area contributed by atoms with Gasteiger partial charge in [0.25, 0.3) is 5.91 Å². The fourth-order valence-corrected chi connectivity index (χ4v) is 1.84. The fourth-order valence-electron chi connectivity index (χ4n) is 1.84. The molecule has 0 saturated carbocycles. The van der Waals surface area contributed by atoms with Crippen LogP contribution in [0, 0.1) is 6.92 Å². The molecule has 0 heterocycles. The molecule has 0 saturated heterocycles. The molecule has 0 aliphatic carbocycles. The predicted molar refractivity (Wildman–Crippen MR) is 75.1 cm³/mol. The number of para-hydroxylation sites is 1. The van der Waals surface area contributed by atoms with Crippen molar-refractivity contribution in [2.75, 3.05) is 5.32 Å². The molecule has 0 unspecified atom stereocenters. The molecule has 0 radical (unpaired) electrons. The molecule has 2 rings (SSSR count). The van der Waals surface area contributed by atoms with Crippen LogP contribution < -0.4 is 11.1 Å². The van der Waals surface area contributed by atoms with Crippen LogP contribution in [0.2, 0.25) is 0 Å². The summed E-state index contributed by atoms with van der Waals surface area (Å²) in [5.41, 5.74) is 8.30. The first-order valence-corrected chi connectivity index (χ1v) is 6.00. The van der Waals surface area contributed by atoms with E-state index in [1.807, 2.05) is 25.1 Å². The third-order valence-electron chi connectivity index (χ3n) is 2.88. The Morgan fingerprint density at radius 3 is 2.74 bits per heavy atom. The Morgan fingerprint density at radius 1 is 1.26 bits per heavy atom. The van der Waals surface area contributed by atoms with Crippen molar-refractivity contribution in [3.8, 4) is 5.75 Å². The van der Waals surface area contributed by atoms with Gasteiger partial charge in [-0.1, -0.05) is 29.8 Å². The van der Waals surface area contributed by atoms with E-state index in [4.69, 9.17) is 5.73 Å². The number of aryl methyl sites for hydroxylation is 1. The van der Waals surface area contributed by atoms with Gasteiger partial charge in [0, 0.05) is 12.2 Å². The molecule has 98 valence electrons. The average Bonchev–Trinajstić information content (AvgIpc) is 2.42. The zero-order valence-corrected chi connectivity index (χ0v) is 10.7. The number of rotatable bonds is 3. The van der Waals surface area contributed by atoms with Crippen molar-refractivity contribution in [1.29, 1.82) is 0 Å². The van der Waals surface area contributed by atoms with Crippen LogP contribution in [0.3, 0.4) is 0 Å². The summed E-state index contributed by atoms with van der Waals surface area (Å²) in [5.74, 6) is -0.379. The summed E-state index contributed by atoms with van der Waals surface area (Å²) < 4.78 is 0. The standard InChI is InChI=1S/C15H16N2O2/c1-10-6-7-14(18)12(8-10)15(19)17-13-5-3-2-4-11(13)9-16/h2-8,18H,9,16H2,1H3,(H,17,19). The number of phenols is 1. The van der Waals surface area contributed by atoms with Gasteiger partial charge >= 0.3 is 0 Å². The summed E-state index contributed by atoms with van der Waals surface area (Å²) in [6.07, 6.45) is 0. The first-order valence-electron chi connectivity index (χ1n) is 6.00. The maximum Gasteiger partial charge on any atom is 0.259 e. The van der Waals surface area contributed by atoms with Crippen LogP contribution >= 0.6 is 0 Å². The first kappa shape index (κ1) is 13.1. The van der Waals surface area contributed by atoms with Crippen molar-refractivity contribution in [2.24, 2.45) is 5.73 Å². The number of carbonyl (C=O) groups is 1. The fraction of sp³-hybridized carbons (Fsp3) is 0.133. The van der Waals surface area contributed by atoms with E-state index in [1.54, 1.807) is 18.2 Å². The van der Waals surface area contributed by atoms with Crippen LogP contribution in [-0.4, -0.2) is 11.0 Å². The highest BCUT2D eigenvalue weighted by atomic mass is 16.3. The van der Waals surface area contributed by atoms with Gasteiger partial charge in [0.1, 0.15) is 5.75 Å². The second kappa shape index (κ2) is 5.54. The van der Waals surface area contributed by atoms with Crippen LogP contribution in [-0.2, 0) is 6.54 Å². The number of amides is 1. The molecule has 2 aromatic carbocycles. The number of nitrogens with two attached hydrogens (primary N) is 1. The number of hydrogen-bond acceptors (Lipinski definition) is 3. The van der Waals surface area contributed by atoms with Crippen LogP contribution in [0.15, 0.2) is 42.5 Å². The predicted octanol–water partition coefficient (Wildman–Crippen LogP) is 2.41. The van der Waals surface area contributed by atoms with Crippen molar-refractivity contribution in [1.82, 2.24) is 0 Å². The van der Waals surface area contributed by atoms with E-state index in [0.717, 1.165) is 11.1 Å². The topological polar surface area (TPSA) is 75.3 Å². The number of hydrogen-bond donors (Lipinski definition) is 3. The van der Waals surface area contributed by atoms with Gasteiger partial charge in [-0.05, 0) is 30.7 Å². The minimum atomic E-state index is -0.345. The molecule has 0 spiro atoms. The zero-order chi connectivity index (χ0) is 13.8. The Balaban J connectivity index is 2.28. The summed E-state index contributed by atoms with van der Waals surface area (Å²) in [6, 6.07) is 12.2. The maximum atomic E-state index is 12.1. The molecule has 4 N–H and O–H groups in total. The van der Waals surface area contributed by atoms with Gasteiger partial charge in [0.05, 0.1) is 5.56 Å². The highest BCUT2D eigenvalue weighted by molar-refractivity contribution is 6.06. The molecule has 0 aromatic heterocycles. The van der Waals surface area contributed by atoms with Gasteiger partial charge < -0.3 is 16.2 Å². The molecule has 4 nitrogen and oxygen atoms in total. The van der Waals surface area contributed by atoms with Gasteiger partial charge in [-0.2, -0.15) is 0 Å². The van der Waals surface area contributed by atoms with Crippen LogP contribution in [0.25, 0.3) is 0 Å². The van der Waals surface area contributed by atoms with Crippen molar-refractivity contribution in [3.05, 3.63) is 59.2 Å². The normalized spacial score (nSPS) is 10.2. The van der Waals surface area contributed by atoms with E-state index in [1.165, 1.54) is 6.07 Å². The van der Waals surface area contributed by atoms with Crippen LogP contribution in [0.5, 0.6) is 5.75 Å². The maximum absolute atomic E-state index is 12.1. The smallest absolute Gasteiger partial charge is 0.259 e. The Hall–Kier alpha value is -2.33. The summed E-state index contributed by atoms with van der Waals surface area (Å²) in [5, 5.41) is 12.5. The van der Waals surface area contributed by atoms with E-state index in [9.17, 15) is 9.90 Å². The zero-order valence-electron chi connectivity index (χ0n) is 10.7. The van der Waals surface area contributed by atoms with Gasteiger partial charge in [-0.15, -0.1) is 0 Å². The minimum absolute atomic E-state index is 0.0340. The van der Waals surface area contributed by atoms with E-state index < -0.39 is 0 Å². The van der Waals surface area contributed by atoms with E-state index in [0.29, 0.717) is 12.2 Å². The number of anilines is 1. The van der Waals surface area contributed by atoms with Crippen molar-refractivity contribution in [2.45, 2.75) is 13.5 Å². The summed E-state index contributed by atoms with van der Waals surface area (Å²) in [7, 11) is 0. The lowest BCUT2D eigenvalue weighted by Gasteiger charge is -2.10. The van der Waals surface area contributed by atoms with Gasteiger partial charge in [-0.25, -0.2) is 0 Å². The second-order valence-corrected chi connectivity index (χ2v) is 4.34. The molecule has 0 bridgehead atoms. The summed E-state index contributed by atoms with van der Waals surface area (Å²) in [6.45, 7) is 2.21. The number of carbonyl (C=O) groups excluding carboxylic acids is 1. The van der Waals surface area contributed by atoms with E-state index >= 15 is 0 Å². The first-order chi connectivity index (χ1) is 9.11. The average molecular weight is 256 g/mol. The SMILES string of the molecule is Cc1ccc(O)c(C(=O)Nc2ccccc2CN)c1. The van der Waals surface area contributed by atoms with E-state index in [2.05, 4.69) is 5.32 Å². The number of benzene rings is 2. The Bertz CT molecular complexity index is 609. The van der Waals surface area contributed by atoms with Crippen LogP contribution in [0.4, 0.5) is 5.69 Å². The van der Waals surface area contributed by atoms with Gasteiger partial charge in [-0.3, -0.25) is 4.79 Å². The summed E-state index contributed by atoms with van der Waals surface area (Å²) in [4.78, 5) is 12.1. The van der Waals surface area contributed by atoms with Crippen molar-refractivity contribution >= 4 is 11.6 Å². The molecule has 0 aliphatic heterocycles. The lowest BCUT2D eigenvalue weighted by atomic mass is 10.1. The second-order valence-electron chi connectivity index (χ2n) is 4.34. The quantitative estimate of drug-likeness (QED) is 0.789. The van der Waals surface area contributed by atoms with Crippen molar-refractivity contribution < 1.29 is 9.90 Å². The Morgan fingerprint density at radius 2 is 2.00 bits per heavy atom. The number of nitrogens with one attached hydrogen (secondary N) is 1. The third kappa shape index (κ3) is 2.92. The number of aromatic hydroxyl groups is 1. The molecule has 19 heavy (non-hydrogen) atoms. The monoisotopic (exact) mass is 256 g/mol. The molecule has 2 aromatic rings. The van der Waals surface area contributed by atoms with Gasteiger partial charge in [0.2, 0.25) is 0 Å². The summed E-state index contributed by atoms with van der Waals surface area (Å²) >= 11 is 0. The highest BCUT2D eigenvalue weighted by Crippen LogP contribution is 2.21. The minimum Gasteiger partial charge on any atom is -0.507 e. The molecule has 0 aliphatic rings. The largest absolute Gasteiger partial charge is 0.507 e. The Labute approximate surface area is 111 Å². The lowest BCUT2D eigenvalue weighted by molar-refractivity contribution is 0.102. The highest BCUT2D eigenvalue weighted by Gasteiger charge is 2.12. The third-order valence-corrected chi connectivity index (χ3v) is 2.88. The molecule has 0 fully saturated rings. The number of phenolic OH excluding ortho intramolecular Hbond substituents is 1. The molecule has 1 amide bonds. The molecular weight excluding hydrogens is 240 g/mol. The lowest BCUT2D eigenvalue weighted by Crippen LogP contribution is -2.14. The van der Waals surface area contributed by atoms with Crippen molar-refractivity contribution in [3.63, 3.8) is 0 Å². The molecular formula is C15H16N2O2. The van der Waals surface area contributed by atoms with E-state index in [-0.39, 0.29) is 17.2 Å². The Kier molecular flexibility index (Phi) is 3.82. The molecule has 0 atom stereocenters. The van der Waals surface area contributed by atoms with Gasteiger partial charge in [0.15, 0.2) is 0 Å². The van der Waals surface area contributed by atoms with Crippen LogP contribution in [0.1, 0.15) is 21.5 Å².